The molecule has 0 saturated carbocycles. The molecule has 0 amide bonds. The minimum absolute atomic E-state index is 0.414. The molecule has 1 unspecified atom stereocenters. The lowest BCUT2D eigenvalue weighted by Gasteiger charge is -2.19. The van der Waals surface area contributed by atoms with Crippen LogP contribution in [0.25, 0.3) is 100 Å². The number of hydrogen-bond acceptors (Lipinski definition) is 4. The molecule has 12 rings (SSSR count). The number of nitrogens with zero attached hydrogens (tertiary/aromatic N) is 5. The molecule has 4 heterocycles. The number of furan rings is 1. The van der Waals surface area contributed by atoms with E-state index in [0.717, 1.165) is 90.1 Å². The van der Waals surface area contributed by atoms with Gasteiger partial charge in [0.2, 0.25) is 5.95 Å². The molecule has 0 aliphatic heterocycles. The van der Waals surface area contributed by atoms with Crippen LogP contribution in [-0.4, -0.2) is 24.1 Å². The molecule has 12 aromatic rings. The van der Waals surface area contributed by atoms with Crippen molar-refractivity contribution < 1.29 is 4.42 Å². The molecule has 68 heavy (non-hydrogen) atoms. The molecule has 1 atom stereocenters. The molecule has 6 nitrogen and oxygen atoms in total. The lowest BCUT2D eigenvalue weighted by atomic mass is 9.85. The zero-order chi connectivity index (χ0) is 45.7. The number of aromatic nitrogens is 5. The SMILES string of the molecule is C=C/C(=C(/C)c1cn(-c2cccc(-c3nc(-c4ccc5c(c4)oc4ccccc45)nc(-n4c5ccccc5c5ccccc54)n3)c2)c2ccccc12)c1ccccc1CC(CC)c1ccccc1. The summed E-state index contributed by atoms with van der Waals surface area (Å²) < 4.78 is 10.8. The second kappa shape index (κ2) is 17.0. The van der Waals surface area contributed by atoms with Gasteiger partial charge < -0.3 is 8.98 Å². The van der Waals surface area contributed by atoms with Gasteiger partial charge in [0, 0.05) is 55.5 Å². The van der Waals surface area contributed by atoms with E-state index >= 15 is 0 Å². The predicted molar refractivity (Wildman–Crippen MR) is 281 cm³/mol. The van der Waals surface area contributed by atoms with Crippen molar-refractivity contribution in [3.8, 4) is 34.4 Å². The van der Waals surface area contributed by atoms with Crippen molar-refractivity contribution in [2.75, 3.05) is 0 Å². The molecule has 0 radical (unpaired) electrons. The summed E-state index contributed by atoms with van der Waals surface area (Å²) >= 11 is 0. The van der Waals surface area contributed by atoms with Crippen LogP contribution >= 0.6 is 0 Å². The second-order valence-corrected chi connectivity index (χ2v) is 17.6. The highest BCUT2D eigenvalue weighted by atomic mass is 16.3. The summed E-state index contributed by atoms with van der Waals surface area (Å²) in [5.74, 6) is 2.08. The first-order valence-electron chi connectivity index (χ1n) is 23.4. The van der Waals surface area contributed by atoms with Crippen LogP contribution in [0.1, 0.15) is 48.4 Å². The van der Waals surface area contributed by atoms with Gasteiger partial charge in [-0.1, -0.05) is 165 Å². The minimum atomic E-state index is 0.414. The summed E-state index contributed by atoms with van der Waals surface area (Å²) in [6.07, 6.45) is 6.31. The summed E-state index contributed by atoms with van der Waals surface area (Å²) in [4.78, 5) is 15.8. The van der Waals surface area contributed by atoms with Crippen molar-refractivity contribution in [3.63, 3.8) is 0 Å². The van der Waals surface area contributed by atoms with Crippen LogP contribution < -0.4 is 0 Å². The van der Waals surface area contributed by atoms with Crippen LogP contribution in [0.2, 0.25) is 0 Å². The molecule has 6 heteroatoms. The van der Waals surface area contributed by atoms with Gasteiger partial charge in [0.1, 0.15) is 11.2 Å². The van der Waals surface area contributed by atoms with Crippen LogP contribution in [0.3, 0.4) is 0 Å². The van der Waals surface area contributed by atoms with Crippen molar-refractivity contribution in [1.82, 2.24) is 24.1 Å². The number of fused-ring (bicyclic) bond motifs is 7. The maximum atomic E-state index is 6.37. The van der Waals surface area contributed by atoms with Gasteiger partial charge in [-0.2, -0.15) is 9.97 Å². The van der Waals surface area contributed by atoms with E-state index in [1.54, 1.807) is 0 Å². The third-order valence-corrected chi connectivity index (χ3v) is 13.7. The number of hydrogen-bond donors (Lipinski definition) is 0. The van der Waals surface area contributed by atoms with Gasteiger partial charge in [0.25, 0.3) is 0 Å². The van der Waals surface area contributed by atoms with Crippen molar-refractivity contribution in [1.29, 1.82) is 0 Å². The molecule has 0 saturated heterocycles. The van der Waals surface area contributed by atoms with Crippen LogP contribution in [0.5, 0.6) is 0 Å². The zero-order valence-electron chi connectivity index (χ0n) is 38.0. The van der Waals surface area contributed by atoms with Gasteiger partial charge in [-0.3, -0.25) is 4.57 Å². The van der Waals surface area contributed by atoms with Crippen molar-refractivity contribution in [3.05, 3.63) is 235 Å². The molecule has 0 fully saturated rings. The molecule has 0 bridgehead atoms. The Labute approximate surface area is 394 Å². The first-order valence-corrected chi connectivity index (χ1v) is 23.4. The van der Waals surface area contributed by atoms with Crippen LogP contribution in [-0.2, 0) is 6.42 Å². The molecule has 0 spiro atoms. The monoisotopic (exact) mass is 877 g/mol. The summed E-state index contributed by atoms with van der Waals surface area (Å²) in [5.41, 5.74) is 14.9. The van der Waals surface area contributed by atoms with E-state index in [1.807, 2.05) is 30.3 Å². The highest BCUT2D eigenvalue weighted by Crippen LogP contribution is 2.39. The molecule has 4 aromatic heterocycles. The van der Waals surface area contributed by atoms with Crippen molar-refractivity contribution in [2.45, 2.75) is 32.6 Å². The highest BCUT2D eigenvalue weighted by Gasteiger charge is 2.21. The van der Waals surface area contributed by atoms with Gasteiger partial charge in [0.15, 0.2) is 11.6 Å². The molecular formula is C62H47N5O. The molecule has 0 aliphatic carbocycles. The summed E-state index contributed by atoms with van der Waals surface area (Å²) in [6, 6.07) is 68.1. The maximum absolute atomic E-state index is 6.37. The molecule has 0 N–H and O–H groups in total. The second-order valence-electron chi connectivity index (χ2n) is 17.6. The van der Waals surface area contributed by atoms with Crippen LogP contribution in [0.4, 0.5) is 0 Å². The first-order chi connectivity index (χ1) is 33.5. The third kappa shape index (κ3) is 7.01. The predicted octanol–water partition coefficient (Wildman–Crippen LogP) is 16.0. The molecule has 0 aliphatic rings. The van der Waals surface area contributed by atoms with Gasteiger partial charge in [-0.15, -0.1) is 0 Å². The van der Waals surface area contributed by atoms with Gasteiger partial charge >= 0.3 is 0 Å². The Morgan fingerprint density at radius 2 is 1.18 bits per heavy atom. The number of para-hydroxylation sites is 4. The topological polar surface area (TPSA) is 61.7 Å². The third-order valence-electron chi connectivity index (χ3n) is 13.7. The van der Waals surface area contributed by atoms with Gasteiger partial charge in [-0.25, -0.2) is 4.98 Å². The van der Waals surface area contributed by atoms with E-state index in [9.17, 15) is 0 Å². The standard InChI is InChI=1S/C62H47N5O/c1-4-41(42-20-7-6-8-21-42)36-43-22-9-10-25-48(43)47(5-2)40(3)54-39-66(55-30-15-11-28-51(54)55)46-24-19-23-44(37-46)60-63-61(45-34-35-53-52-29-14-18-33-58(52)68-59(53)38-45)65-62(64-60)67-56-31-16-12-26-49(56)50-27-13-17-32-57(50)67/h5-35,37-39,41H,2,4,36H2,1,3H3/b47-40+. The Kier molecular flexibility index (Phi) is 10.2. The van der Waals surface area contributed by atoms with Crippen LogP contribution in [0, 0.1) is 0 Å². The lowest BCUT2D eigenvalue weighted by Crippen LogP contribution is -2.06. The van der Waals surface area contributed by atoms with Crippen molar-refractivity contribution >= 4 is 65.8 Å². The first kappa shape index (κ1) is 40.9. The fourth-order valence-corrected chi connectivity index (χ4v) is 10.3. The Morgan fingerprint density at radius 1 is 0.559 bits per heavy atom. The van der Waals surface area contributed by atoms with E-state index in [0.29, 0.717) is 23.5 Å². The van der Waals surface area contributed by atoms with Gasteiger partial charge in [-0.05, 0) is 102 Å². The minimum Gasteiger partial charge on any atom is -0.456 e. The van der Waals surface area contributed by atoms with E-state index in [-0.39, 0.29) is 0 Å². The maximum Gasteiger partial charge on any atom is 0.238 e. The van der Waals surface area contributed by atoms with E-state index in [4.69, 9.17) is 19.4 Å². The number of allylic oxidation sites excluding steroid dienone is 3. The van der Waals surface area contributed by atoms with E-state index in [1.165, 1.54) is 27.6 Å². The largest absolute Gasteiger partial charge is 0.456 e. The van der Waals surface area contributed by atoms with Crippen molar-refractivity contribution in [2.24, 2.45) is 0 Å². The fourth-order valence-electron chi connectivity index (χ4n) is 10.3. The summed E-state index contributed by atoms with van der Waals surface area (Å²) in [7, 11) is 0. The lowest BCUT2D eigenvalue weighted by molar-refractivity contribution is 0.659. The quantitative estimate of drug-likeness (QED) is 0.121. The van der Waals surface area contributed by atoms with E-state index < -0.39 is 0 Å². The molecular weight excluding hydrogens is 831 g/mol. The summed E-state index contributed by atoms with van der Waals surface area (Å²) in [6.45, 7) is 8.91. The molecule has 8 aromatic carbocycles. The molecule has 326 valence electrons. The fraction of sp³-hybridized carbons (Fsp3) is 0.0806. The highest BCUT2D eigenvalue weighted by molar-refractivity contribution is 6.09. The number of benzene rings is 8. The number of rotatable bonds is 11. The average Bonchev–Trinajstić information content (AvgIpc) is 4.08. The Morgan fingerprint density at radius 3 is 1.91 bits per heavy atom. The summed E-state index contributed by atoms with van der Waals surface area (Å²) in [5, 5.41) is 5.57. The van der Waals surface area contributed by atoms with Gasteiger partial charge in [0.05, 0.1) is 16.6 Å². The Bertz CT molecular complexity index is 3870. The Balaban J connectivity index is 0.997. The smallest absolute Gasteiger partial charge is 0.238 e. The van der Waals surface area contributed by atoms with Crippen LogP contribution in [0.15, 0.2) is 217 Å². The normalized spacial score (nSPS) is 12.6. The Hall–Kier alpha value is -8.61. The zero-order valence-corrected chi connectivity index (χ0v) is 38.0. The average molecular weight is 878 g/mol. The van der Waals surface area contributed by atoms with E-state index in [2.05, 4.69) is 206 Å².